The number of nitrogens with two attached hydrogens (primary N) is 1. The van der Waals surface area contributed by atoms with Crippen molar-refractivity contribution in [1.82, 2.24) is 0 Å². The standard InChI is InChI=1S/C11H23N/c1-11(2,3)10-6-4-9(8-12)5-7-10/h9-10H,4-8,12H2,1-3H3/t9-,10-. The van der Waals surface area contributed by atoms with Crippen LogP contribution in [0, 0.1) is 17.3 Å². The van der Waals surface area contributed by atoms with Crippen LogP contribution in [0.2, 0.25) is 0 Å². The van der Waals surface area contributed by atoms with Crippen LogP contribution in [0.5, 0.6) is 0 Å². The zero-order chi connectivity index (χ0) is 9.19. The van der Waals surface area contributed by atoms with Crippen LogP contribution in [-0.2, 0) is 0 Å². The number of hydrogen-bond donors (Lipinski definition) is 1. The smallest absolute Gasteiger partial charge is 0.00489 e. The third-order valence-corrected chi connectivity index (χ3v) is 3.40. The van der Waals surface area contributed by atoms with Gasteiger partial charge in [0.2, 0.25) is 0 Å². The molecule has 1 saturated carbocycles. The first kappa shape index (κ1) is 10.0. The molecule has 1 aliphatic rings. The Morgan fingerprint density at radius 1 is 1.08 bits per heavy atom. The fraction of sp³-hybridized carbons (Fsp3) is 1.00. The van der Waals surface area contributed by atoms with Gasteiger partial charge < -0.3 is 5.73 Å². The van der Waals surface area contributed by atoms with E-state index in [-0.39, 0.29) is 0 Å². The molecular formula is C11H23N. The summed E-state index contributed by atoms with van der Waals surface area (Å²) in [6, 6.07) is 0. The molecule has 1 fully saturated rings. The molecule has 0 heterocycles. The van der Waals surface area contributed by atoms with Crippen molar-refractivity contribution in [1.29, 1.82) is 0 Å². The Balaban J connectivity index is 2.36. The molecule has 0 radical (unpaired) electrons. The summed E-state index contributed by atoms with van der Waals surface area (Å²) in [5, 5.41) is 0. The Hall–Kier alpha value is -0.0400. The molecule has 0 aromatic carbocycles. The van der Waals surface area contributed by atoms with E-state index in [1.807, 2.05) is 0 Å². The SMILES string of the molecule is CC(C)(C)[C@H]1CC[C@H](CN)CC1. The van der Waals surface area contributed by atoms with Gasteiger partial charge in [0.05, 0.1) is 0 Å². The lowest BCUT2D eigenvalue weighted by Crippen LogP contribution is -2.28. The lowest BCUT2D eigenvalue weighted by atomic mass is 9.70. The first-order chi connectivity index (χ1) is 5.54. The highest BCUT2D eigenvalue weighted by Crippen LogP contribution is 2.39. The van der Waals surface area contributed by atoms with Crippen LogP contribution in [0.25, 0.3) is 0 Å². The van der Waals surface area contributed by atoms with Gasteiger partial charge in [-0.2, -0.15) is 0 Å². The van der Waals surface area contributed by atoms with Gasteiger partial charge in [-0.3, -0.25) is 0 Å². The van der Waals surface area contributed by atoms with Gasteiger partial charge in [0.25, 0.3) is 0 Å². The van der Waals surface area contributed by atoms with E-state index in [2.05, 4.69) is 20.8 Å². The van der Waals surface area contributed by atoms with Crippen LogP contribution in [-0.4, -0.2) is 6.54 Å². The highest BCUT2D eigenvalue weighted by Gasteiger charge is 2.28. The molecule has 0 unspecified atom stereocenters. The second-order valence-corrected chi connectivity index (χ2v) is 5.32. The quantitative estimate of drug-likeness (QED) is 0.642. The largest absolute Gasteiger partial charge is 0.330 e. The van der Waals surface area contributed by atoms with E-state index in [1.54, 1.807) is 0 Å². The molecule has 0 amide bonds. The van der Waals surface area contributed by atoms with Crippen LogP contribution in [0.4, 0.5) is 0 Å². The predicted octanol–water partition coefficient (Wildman–Crippen LogP) is 2.80. The van der Waals surface area contributed by atoms with Gasteiger partial charge in [-0.15, -0.1) is 0 Å². The Morgan fingerprint density at radius 3 is 1.92 bits per heavy atom. The van der Waals surface area contributed by atoms with Gasteiger partial charge >= 0.3 is 0 Å². The van der Waals surface area contributed by atoms with Gasteiger partial charge in [0.15, 0.2) is 0 Å². The minimum atomic E-state index is 0.513. The summed E-state index contributed by atoms with van der Waals surface area (Å²) >= 11 is 0. The first-order valence-corrected chi connectivity index (χ1v) is 5.24. The minimum absolute atomic E-state index is 0.513. The molecule has 1 heteroatoms. The average molecular weight is 169 g/mol. The van der Waals surface area contributed by atoms with E-state index in [4.69, 9.17) is 5.73 Å². The summed E-state index contributed by atoms with van der Waals surface area (Å²) in [6.45, 7) is 7.98. The summed E-state index contributed by atoms with van der Waals surface area (Å²) in [4.78, 5) is 0. The van der Waals surface area contributed by atoms with E-state index < -0.39 is 0 Å². The van der Waals surface area contributed by atoms with Crippen molar-refractivity contribution in [2.24, 2.45) is 23.0 Å². The van der Waals surface area contributed by atoms with Crippen molar-refractivity contribution in [3.05, 3.63) is 0 Å². The summed E-state index contributed by atoms with van der Waals surface area (Å²) in [5.74, 6) is 1.75. The van der Waals surface area contributed by atoms with Crippen LogP contribution in [0.3, 0.4) is 0 Å². The maximum Gasteiger partial charge on any atom is -0.00489 e. The second-order valence-electron chi connectivity index (χ2n) is 5.32. The molecule has 0 aromatic heterocycles. The Labute approximate surface area is 76.7 Å². The molecule has 12 heavy (non-hydrogen) atoms. The monoisotopic (exact) mass is 169 g/mol. The van der Waals surface area contributed by atoms with Gasteiger partial charge in [0.1, 0.15) is 0 Å². The molecule has 1 nitrogen and oxygen atoms in total. The van der Waals surface area contributed by atoms with Crippen molar-refractivity contribution in [3.8, 4) is 0 Å². The van der Waals surface area contributed by atoms with E-state index in [0.717, 1.165) is 18.4 Å². The van der Waals surface area contributed by atoms with Gasteiger partial charge in [-0.1, -0.05) is 20.8 Å². The van der Waals surface area contributed by atoms with Crippen LogP contribution in [0.15, 0.2) is 0 Å². The fourth-order valence-electron chi connectivity index (χ4n) is 2.26. The lowest BCUT2D eigenvalue weighted by molar-refractivity contribution is 0.152. The van der Waals surface area contributed by atoms with Crippen molar-refractivity contribution < 1.29 is 0 Å². The van der Waals surface area contributed by atoms with E-state index in [0.29, 0.717) is 5.41 Å². The maximum absolute atomic E-state index is 5.66. The topological polar surface area (TPSA) is 26.0 Å². The lowest BCUT2D eigenvalue weighted by Gasteiger charge is -2.36. The van der Waals surface area contributed by atoms with E-state index in [9.17, 15) is 0 Å². The van der Waals surface area contributed by atoms with Crippen LogP contribution >= 0.6 is 0 Å². The summed E-state index contributed by atoms with van der Waals surface area (Å²) in [7, 11) is 0. The molecule has 0 saturated heterocycles. The Bertz CT molecular complexity index is 126. The molecule has 0 atom stereocenters. The summed E-state index contributed by atoms with van der Waals surface area (Å²) in [5.41, 5.74) is 6.17. The number of rotatable bonds is 1. The second kappa shape index (κ2) is 3.78. The van der Waals surface area contributed by atoms with E-state index >= 15 is 0 Å². The third-order valence-electron chi connectivity index (χ3n) is 3.40. The summed E-state index contributed by atoms with van der Waals surface area (Å²) < 4.78 is 0. The highest BCUT2D eigenvalue weighted by molar-refractivity contribution is 4.80. The number of hydrogen-bond acceptors (Lipinski definition) is 1. The normalized spacial score (nSPS) is 32.0. The average Bonchev–Trinajstić information content (AvgIpc) is 2.03. The van der Waals surface area contributed by atoms with Gasteiger partial charge in [-0.25, -0.2) is 0 Å². The molecule has 72 valence electrons. The fourth-order valence-corrected chi connectivity index (χ4v) is 2.26. The highest BCUT2D eigenvalue weighted by atomic mass is 14.6. The van der Waals surface area contributed by atoms with Crippen molar-refractivity contribution in [3.63, 3.8) is 0 Å². The van der Waals surface area contributed by atoms with Crippen molar-refractivity contribution >= 4 is 0 Å². The maximum atomic E-state index is 5.66. The van der Waals surface area contributed by atoms with Crippen LogP contribution in [0.1, 0.15) is 46.5 Å². The predicted molar refractivity (Wildman–Crippen MR) is 54.0 cm³/mol. The molecule has 0 aliphatic heterocycles. The molecular weight excluding hydrogens is 146 g/mol. The van der Waals surface area contributed by atoms with E-state index in [1.165, 1.54) is 25.7 Å². The zero-order valence-corrected chi connectivity index (χ0v) is 8.77. The molecule has 0 spiro atoms. The zero-order valence-electron chi connectivity index (χ0n) is 8.77. The minimum Gasteiger partial charge on any atom is -0.330 e. The molecule has 1 rings (SSSR count). The molecule has 1 aliphatic carbocycles. The Kier molecular flexibility index (Phi) is 3.16. The molecule has 0 bridgehead atoms. The van der Waals surface area contributed by atoms with Crippen molar-refractivity contribution in [2.75, 3.05) is 6.54 Å². The molecule has 0 aromatic rings. The molecule has 2 N–H and O–H groups in total. The van der Waals surface area contributed by atoms with Gasteiger partial charge in [0, 0.05) is 0 Å². The summed E-state index contributed by atoms with van der Waals surface area (Å²) in [6.07, 6.45) is 5.51. The first-order valence-electron chi connectivity index (χ1n) is 5.24. The van der Waals surface area contributed by atoms with Crippen molar-refractivity contribution in [2.45, 2.75) is 46.5 Å². The van der Waals surface area contributed by atoms with Gasteiger partial charge in [-0.05, 0) is 49.5 Å². The third kappa shape index (κ3) is 2.48. The Morgan fingerprint density at radius 2 is 1.58 bits per heavy atom. The van der Waals surface area contributed by atoms with Crippen LogP contribution < -0.4 is 5.73 Å².